The number of pyridine rings is 1. The summed E-state index contributed by atoms with van der Waals surface area (Å²) in [5.74, 6) is -1.49. The Labute approximate surface area is 125 Å². The maximum absolute atomic E-state index is 13.8. The number of carbonyl (C=O) groups excluding carboxylic acids is 2. The zero-order valence-corrected chi connectivity index (χ0v) is 12.0. The maximum atomic E-state index is 13.8. The van der Waals surface area contributed by atoms with Crippen LogP contribution in [0.1, 0.15) is 46.5 Å². The average Bonchev–Trinajstić information content (AvgIpc) is 3.32. The van der Waals surface area contributed by atoms with E-state index >= 15 is 0 Å². The minimum absolute atomic E-state index is 0.0838. The molecule has 1 aromatic carbocycles. The van der Waals surface area contributed by atoms with E-state index in [2.05, 4.69) is 0 Å². The largest absolute Gasteiger partial charge is 0.462 e. The average molecular weight is 303 g/mol. The van der Waals surface area contributed by atoms with Crippen LogP contribution in [0.5, 0.6) is 0 Å². The SMILES string of the molecule is CCOC(=O)c1cn(C2CC2)c2cc(C=O)c(F)cc2c1=O. The van der Waals surface area contributed by atoms with Gasteiger partial charge in [-0.05, 0) is 31.9 Å². The summed E-state index contributed by atoms with van der Waals surface area (Å²) in [6.07, 6.45) is 3.69. The van der Waals surface area contributed by atoms with E-state index in [1.54, 1.807) is 11.5 Å². The van der Waals surface area contributed by atoms with Crippen molar-refractivity contribution in [3.8, 4) is 0 Å². The van der Waals surface area contributed by atoms with Crippen LogP contribution in [0, 0.1) is 5.82 Å². The third kappa shape index (κ3) is 2.30. The molecule has 1 saturated carbocycles. The number of carbonyl (C=O) groups is 2. The standard InChI is InChI=1S/C16H14FNO4/c1-2-22-16(21)12-7-18(10-3-4-10)14-5-9(8-19)13(17)6-11(14)15(12)20/h5-8,10H,2-4H2,1H3. The number of fused-ring (bicyclic) bond motifs is 1. The van der Waals surface area contributed by atoms with Crippen molar-refractivity contribution in [3.63, 3.8) is 0 Å². The van der Waals surface area contributed by atoms with Gasteiger partial charge in [0, 0.05) is 17.6 Å². The van der Waals surface area contributed by atoms with Gasteiger partial charge in [0.1, 0.15) is 11.4 Å². The van der Waals surface area contributed by atoms with Gasteiger partial charge in [-0.1, -0.05) is 0 Å². The fraction of sp³-hybridized carbons (Fsp3) is 0.312. The molecule has 6 heteroatoms. The molecule has 1 aliphatic carbocycles. The first-order valence-electron chi connectivity index (χ1n) is 7.07. The van der Waals surface area contributed by atoms with Crippen LogP contribution in [-0.2, 0) is 4.74 Å². The van der Waals surface area contributed by atoms with Crippen LogP contribution < -0.4 is 5.43 Å². The highest BCUT2D eigenvalue weighted by molar-refractivity contribution is 5.95. The molecule has 5 nitrogen and oxygen atoms in total. The lowest BCUT2D eigenvalue weighted by Crippen LogP contribution is -2.21. The molecule has 114 valence electrons. The fourth-order valence-corrected chi connectivity index (χ4v) is 2.49. The van der Waals surface area contributed by atoms with Crippen LogP contribution in [0.2, 0.25) is 0 Å². The lowest BCUT2D eigenvalue weighted by molar-refractivity contribution is 0.0524. The molecule has 1 aromatic heterocycles. The summed E-state index contributed by atoms with van der Waals surface area (Å²) >= 11 is 0. The molecule has 1 heterocycles. The normalized spacial score (nSPS) is 14.1. The van der Waals surface area contributed by atoms with Gasteiger partial charge in [0.2, 0.25) is 5.43 Å². The number of benzene rings is 1. The number of aromatic nitrogens is 1. The summed E-state index contributed by atoms with van der Waals surface area (Å²) in [6, 6.07) is 2.52. The van der Waals surface area contributed by atoms with Gasteiger partial charge in [0.25, 0.3) is 0 Å². The van der Waals surface area contributed by atoms with Crippen molar-refractivity contribution in [1.82, 2.24) is 4.57 Å². The van der Waals surface area contributed by atoms with E-state index in [0.29, 0.717) is 11.8 Å². The zero-order valence-electron chi connectivity index (χ0n) is 12.0. The number of halogens is 1. The molecule has 1 aliphatic rings. The summed E-state index contributed by atoms with van der Waals surface area (Å²) in [7, 11) is 0. The number of hydrogen-bond donors (Lipinski definition) is 0. The minimum Gasteiger partial charge on any atom is -0.462 e. The van der Waals surface area contributed by atoms with E-state index in [0.717, 1.165) is 18.9 Å². The van der Waals surface area contributed by atoms with E-state index in [1.807, 2.05) is 0 Å². The molecule has 2 aromatic rings. The van der Waals surface area contributed by atoms with Gasteiger partial charge in [-0.15, -0.1) is 0 Å². The molecule has 0 aliphatic heterocycles. The Hall–Kier alpha value is -2.50. The fourth-order valence-electron chi connectivity index (χ4n) is 2.49. The van der Waals surface area contributed by atoms with E-state index < -0.39 is 17.2 Å². The highest BCUT2D eigenvalue weighted by atomic mass is 19.1. The smallest absolute Gasteiger partial charge is 0.343 e. The maximum Gasteiger partial charge on any atom is 0.343 e. The highest BCUT2D eigenvalue weighted by Crippen LogP contribution is 2.37. The highest BCUT2D eigenvalue weighted by Gasteiger charge is 2.27. The second-order valence-electron chi connectivity index (χ2n) is 5.24. The first kappa shape index (κ1) is 14.4. The quantitative estimate of drug-likeness (QED) is 0.643. The zero-order chi connectivity index (χ0) is 15.9. The Morgan fingerprint density at radius 3 is 2.77 bits per heavy atom. The number of rotatable bonds is 4. The van der Waals surface area contributed by atoms with Crippen molar-refractivity contribution in [1.29, 1.82) is 0 Å². The molecule has 0 unspecified atom stereocenters. The van der Waals surface area contributed by atoms with E-state index in [4.69, 9.17) is 4.74 Å². The Morgan fingerprint density at radius 1 is 1.45 bits per heavy atom. The molecule has 0 atom stereocenters. The Balaban J connectivity index is 2.33. The molecular formula is C16H14FNO4. The van der Waals surface area contributed by atoms with Gasteiger partial charge in [-0.25, -0.2) is 9.18 Å². The molecule has 0 amide bonds. The van der Waals surface area contributed by atoms with Crippen molar-refractivity contribution >= 4 is 23.2 Å². The number of esters is 1. The summed E-state index contributed by atoms with van der Waals surface area (Å²) in [6.45, 7) is 1.80. The van der Waals surface area contributed by atoms with Crippen molar-refractivity contribution in [2.75, 3.05) is 6.61 Å². The molecule has 1 fully saturated rings. The van der Waals surface area contributed by atoms with Crippen LogP contribution in [0.15, 0.2) is 23.1 Å². The van der Waals surface area contributed by atoms with E-state index in [9.17, 15) is 18.8 Å². The lowest BCUT2D eigenvalue weighted by atomic mass is 10.1. The molecule has 3 rings (SSSR count). The van der Waals surface area contributed by atoms with Crippen molar-refractivity contribution < 1.29 is 18.7 Å². The van der Waals surface area contributed by atoms with E-state index in [1.165, 1.54) is 12.3 Å². The van der Waals surface area contributed by atoms with Crippen molar-refractivity contribution in [2.24, 2.45) is 0 Å². The first-order valence-corrected chi connectivity index (χ1v) is 7.07. The number of aldehydes is 1. The summed E-state index contributed by atoms with van der Waals surface area (Å²) in [5.41, 5.74) is -0.338. The molecular weight excluding hydrogens is 289 g/mol. The van der Waals surface area contributed by atoms with Crippen LogP contribution in [0.25, 0.3) is 10.9 Å². The summed E-state index contributed by atoms with van der Waals surface area (Å²) < 4.78 is 20.5. The lowest BCUT2D eigenvalue weighted by Gasteiger charge is -2.13. The predicted octanol–water partition coefficient (Wildman–Crippen LogP) is 2.46. The Kier molecular flexibility index (Phi) is 3.52. The molecule has 0 radical (unpaired) electrons. The monoisotopic (exact) mass is 303 g/mol. The van der Waals surface area contributed by atoms with Gasteiger partial charge in [-0.3, -0.25) is 9.59 Å². The topological polar surface area (TPSA) is 65.4 Å². The van der Waals surface area contributed by atoms with Crippen molar-refractivity contribution in [2.45, 2.75) is 25.8 Å². The van der Waals surface area contributed by atoms with Crippen molar-refractivity contribution in [3.05, 3.63) is 45.5 Å². The van der Waals surface area contributed by atoms with Gasteiger partial charge >= 0.3 is 5.97 Å². The summed E-state index contributed by atoms with van der Waals surface area (Å²) in [5, 5.41) is 0.0838. The third-order valence-corrected chi connectivity index (χ3v) is 3.71. The third-order valence-electron chi connectivity index (χ3n) is 3.71. The number of nitrogens with zero attached hydrogens (tertiary/aromatic N) is 1. The van der Waals surface area contributed by atoms with Crippen LogP contribution in [-0.4, -0.2) is 23.4 Å². The molecule has 0 N–H and O–H groups in total. The number of ether oxygens (including phenoxy) is 1. The predicted molar refractivity (Wildman–Crippen MR) is 77.8 cm³/mol. The van der Waals surface area contributed by atoms with Crippen LogP contribution >= 0.6 is 0 Å². The molecule has 22 heavy (non-hydrogen) atoms. The van der Waals surface area contributed by atoms with Gasteiger partial charge in [0.05, 0.1) is 17.7 Å². The molecule has 0 saturated heterocycles. The van der Waals surface area contributed by atoms with Crippen LogP contribution in [0.4, 0.5) is 4.39 Å². The second-order valence-corrected chi connectivity index (χ2v) is 5.24. The number of hydrogen-bond acceptors (Lipinski definition) is 4. The molecule has 0 bridgehead atoms. The van der Waals surface area contributed by atoms with Gasteiger partial charge in [0.15, 0.2) is 6.29 Å². The molecule has 0 spiro atoms. The Morgan fingerprint density at radius 2 is 2.18 bits per heavy atom. The summed E-state index contributed by atoms with van der Waals surface area (Å²) in [4.78, 5) is 35.3. The Bertz CT molecular complexity index is 836. The van der Waals surface area contributed by atoms with Gasteiger partial charge < -0.3 is 9.30 Å². The first-order chi connectivity index (χ1) is 10.6. The minimum atomic E-state index is -0.775. The van der Waals surface area contributed by atoms with E-state index in [-0.39, 0.29) is 29.2 Å². The second kappa shape index (κ2) is 5.36. The van der Waals surface area contributed by atoms with Crippen LogP contribution in [0.3, 0.4) is 0 Å². The van der Waals surface area contributed by atoms with Gasteiger partial charge in [-0.2, -0.15) is 0 Å².